The highest BCUT2D eigenvalue weighted by atomic mass is 79.9. The molecule has 0 spiro atoms. The van der Waals surface area contributed by atoms with Gasteiger partial charge in [-0.1, -0.05) is 13.0 Å². The maximum Gasteiger partial charge on any atom is 0.137 e. The van der Waals surface area contributed by atoms with Crippen LogP contribution in [0.25, 0.3) is 0 Å². The fraction of sp³-hybridized carbons (Fsp3) is 0.455. The Morgan fingerprint density at radius 2 is 2.21 bits per heavy atom. The third kappa shape index (κ3) is 3.39. The lowest BCUT2D eigenvalue weighted by Gasteiger charge is -2.11. The van der Waals surface area contributed by atoms with Crippen LogP contribution in [0.5, 0.6) is 0 Å². The molecule has 1 N–H and O–H groups in total. The van der Waals surface area contributed by atoms with Crippen molar-refractivity contribution in [2.75, 3.05) is 0 Å². The first-order valence-electron chi connectivity index (χ1n) is 4.80. The van der Waals surface area contributed by atoms with Gasteiger partial charge in [0, 0.05) is 12.6 Å². The smallest absolute Gasteiger partial charge is 0.137 e. The lowest BCUT2D eigenvalue weighted by molar-refractivity contribution is 0.531. The quantitative estimate of drug-likeness (QED) is 0.873. The zero-order valence-electron chi connectivity index (χ0n) is 8.48. The number of hydrogen-bond donors (Lipinski definition) is 1. The number of rotatable bonds is 4. The molecule has 1 atom stereocenters. The predicted molar refractivity (Wildman–Crippen MR) is 60.7 cm³/mol. The third-order valence-electron chi connectivity index (χ3n) is 2.25. The van der Waals surface area contributed by atoms with Crippen LogP contribution in [-0.2, 0) is 6.54 Å². The van der Waals surface area contributed by atoms with Gasteiger partial charge in [0.25, 0.3) is 0 Å². The summed E-state index contributed by atoms with van der Waals surface area (Å²) in [6, 6.07) is 5.69. The number of halogens is 2. The van der Waals surface area contributed by atoms with E-state index in [4.69, 9.17) is 0 Å². The Morgan fingerprint density at radius 1 is 1.50 bits per heavy atom. The molecular weight excluding hydrogens is 245 g/mol. The molecule has 0 fully saturated rings. The Hall–Kier alpha value is -0.410. The molecule has 0 saturated heterocycles. The molecule has 1 rings (SSSR count). The fourth-order valence-electron chi connectivity index (χ4n) is 1.09. The molecule has 14 heavy (non-hydrogen) atoms. The average Bonchev–Trinajstić information content (AvgIpc) is 2.19. The van der Waals surface area contributed by atoms with Gasteiger partial charge in [-0.05, 0) is 47.0 Å². The van der Waals surface area contributed by atoms with E-state index in [1.54, 1.807) is 12.1 Å². The first-order valence-corrected chi connectivity index (χ1v) is 5.60. The maximum absolute atomic E-state index is 13.1. The molecule has 0 saturated carbocycles. The molecule has 0 aliphatic heterocycles. The van der Waals surface area contributed by atoms with E-state index >= 15 is 0 Å². The van der Waals surface area contributed by atoms with E-state index in [0.717, 1.165) is 18.5 Å². The molecule has 0 aromatic heterocycles. The van der Waals surface area contributed by atoms with Crippen molar-refractivity contribution in [1.82, 2.24) is 5.32 Å². The molecular formula is C11H15BrFN. The molecule has 1 aromatic rings. The molecule has 0 aliphatic rings. The first-order chi connectivity index (χ1) is 6.63. The maximum atomic E-state index is 13.1. The van der Waals surface area contributed by atoms with Crippen molar-refractivity contribution in [2.24, 2.45) is 0 Å². The zero-order valence-corrected chi connectivity index (χ0v) is 10.1. The molecule has 78 valence electrons. The Labute approximate surface area is 92.8 Å². The van der Waals surface area contributed by atoms with Crippen LogP contribution in [0.1, 0.15) is 25.8 Å². The fourth-order valence-corrected chi connectivity index (χ4v) is 1.33. The van der Waals surface area contributed by atoms with E-state index in [1.165, 1.54) is 0 Å². The minimum Gasteiger partial charge on any atom is -0.310 e. The normalized spacial score (nSPS) is 12.9. The topological polar surface area (TPSA) is 12.0 Å². The molecule has 0 heterocycles. The van der Waals surface area contributed by atoms with E-state index < -0.39 is 0 Å². The summed E-state index contributed by atoms with van der Waals surface area (Å²) in [6.45, 7) is 4.97. The van der Waals surface area contributed by atoms with Gasteiger partial charge in [-0.3, -0.25) is 0 Å². The van der Waals surface area contributed by atoms with Crippen LogP contribution in [0.15, 0.2) is 22.7 Å². The Bertz CT molecular complexity index is 301. The van der Waals surface area contributed by atoms with Gasteiger partial charge >= 0.3 is 0 Å². The second-order valence-corrected chi connectivity index (χ2v) is 4.29. The summed E-state index contributed by atoms with van der Waals surface area (Å²) >= 11 is 3.13. The average molecular weight is 260 g/mol. The molecule has 0 bridgehead atoms. The van der Waals surface area contributed by atoms with Gasteiger partial charge in [-0.25, -0.2) is 4.39 Å². The van der Waals surface area contributed by atoms with Crippen LogP contribution in [-0.4, -0.2) is 6.04 Å². The molecule has 0 amide bonds. The SMILES string of the molecule is CC[C@H](C)NCc1ccc(Br)c(F)c1. The van der Waals surface area contributed by atoms with Gasteiger partial charge in [0.05, 0.1) is 4.47 Å². The summed E-state index contributed by atoms with van der Waals surface area (Å²) in [7, 11) is 0. The summed E-state index contributed by atoms with van der Waals surface area (Å²) in [4.78, 5) is 0. The lowest BCUT2D eigenvalue weighted by Crippen LogP contribution is -2.24. The standard InChI is InChI=1S/C11H15BrFN/c1-3-8(2)14-7-9-4-5-10(12)11(13)6-9/h4-6,8,14H,3,7H2,1-2H3/t8-/m0/s1. The predicted octanol–water partition coefficient (Wildman–Crippen LogP) is 3.48. The van der Waals surface area contributed by atoms with Crippen molar-refractivity contribution in [3.8, 4) is 0 Å². The van der Waals surface area contributed by atoms with Gasteiger partial charge in [-0.2, -0.15) is 0 Å². The Balaban J connectivity index is 2.55. The summed E-state index contributed by atoms with van der Waals surface area (Å²) in [5.41, 5.74) is 0.978. The van der Waals surface area contributed by atoms with Crippen LogP contribution in [0.2, 0.25) is 0 Å². The molecule has 0 aliphatic carbocycles. The first kappa shape index (κ1) is 11.7. The molecule has 0 unspecified atom stereocenters. The van der Waals surface area contributed by atoms with E-state index in [9.17, 15) is 4.39 Å². The second-order valence-electron chi connectivity index (χ2n) is 3.44. The summed E-state index contributed by atoms with van der Waals surface area (Å²) in [5, 5.41) is 3.31. The van der Waals surface area contributed by atoms with Gasteiger partial charge in [0.2, 0.25) is 0 Å². The second kappa shape index (κ2) is 5.47. The van der Waals surface area contributed by atoms with Crippen LogP contribution in [0.4, 0.5) is 4.39 Å². The number of benzene rings is 1. The largest absolute Gasteiger partial charge is 0.310 e. The van der Waals surface area contributed by atoms with E-state index in [1.807, 2.05) is 6.07 Å². The van der Waals surface area contributed by atoms with Crippen molar-refractivity contribution < 1.29 is 4.39 Å². The minimum absolute atomic E-state index is 0.201. The van der Waals surface area contributed by atoms with E-state index in [2.05, 4.69) is 35.1 Å². The van der Waals surface area contributed by atoms with Gasteiger partial charge in [0.15, 0.2) is 0 Å². The third-order valence-corrected chi connectivity index (χ3v) is 2.89. The highest BCUT2D eigenvalue weighted by molar-refractivity contribution is 9.10. The van der Waals surface area contributed by atoms with Crippen LogP contribution in [0, 0.1) is 5.82 Å². The number of hydrogen-bond acceptors (Lipinski definition) is 1. The van der Waals surface area contributed by atoms with Crippen molar-refractivity contribution in [3.63, 3.8) is 0 Å². The van der Waals surface area contributed by atoms with E-state index in [-0.39, 0.29) is 5.82 Å². The van der Waals surface area contributed by atoms with Crippen molar-refractivity contribution >= 4 is 15.9 Å². The lowest BCUT2D eigenvalue weighted by atomic mass is 10.2. The minimum atomic E-state index is -0.201. The summed E-state index contributed by atoms with van der Waals surface area (Å²) in [6.07, 6.45) is 1.08. The van der Waals surface area contributed by atoms with Crippen molar-refractivity contribution in [2.45, 2.75) is 32.9 Å². The van der Waals surface area contributed by atoms with Crippen molar-refractivity contribution in [3.05, 3.63) is 34.1 Å². The monoisotopic (exact) mass is 259 g/mol. The van der Waals surface area contributed by atoms with Gasteiger partial charge in [0.1, 0.15) is 5.82 Å². The van der Waals surface area contributed by atoms with Gasteiger partial charge in [-0.15, -0.1) is 0 Å². The summed E-state index contributed by atoms with van der Waals surface area (Å²) in [5.74, 6) is -0.201. The Morgan fingerprint density at radius 3 is 2.79 bits per heavy atom. The van der Waals surface area contributed by atoms with Crippen molar-refractivity contribution in [1.29, 1.82) is 0 Å². The number of nitrogens with one attached hydrogen (secondary N) is 1. The zero-order chi connectivity index (χ0) is 10.6. The molecule has 1 aromatic carbocycles. The van der Waals surface area contributed by atoms with E-state index in [0.29, 0.717) is 10.5 Å². The van der Waals surface area contributed by atoms with Gasteiger partial charge < -0.3 is 5.32 Å². The molecule has 3 heteroatoms. The summed E-state index contributed by atoms with van der Waals surface area (Å²) < 4.78 is 13.6. The Kier molecular flexibility index (Phi) is 4.55. The highest BCUT2D eigenvalue weighted by Crippen LogP contribution is 2.16. The highest BCUT2D eigenvalue weighted by Gasteiger charge is 2.02. The molecule has 1 nitrogen and oxygen atoms in total. The van der Waals surface area contributed by atoms with Crippen LogP contribution < -0.4 is 5.32 Å². The van der Waals surface area contributed by atoms with Crippen LogP contribution in [0.3, 0.4) is 0 Å². The molecule has 0 radical (unpaired) electrons. The van der Waals surface area contributed by atoms with Crippen LogP contribution >= 0.6 is 15.9 Å².